The van der Waals surface area contributed by atoms with E-state index in [1.54, 1.807) is 31.2 Å². The first kappa shape index (κ1) is 27.3. The van der Waals surface area contributed by atoms with E-state index >= 15 is 0 Å². The minimum Gasteiger partial charge on any atom is -0.433 e. The molecule has 0 aliphatic rings. The van der Waals surface area contributed by atoms with Crippen LogP contribution in [0.1, 0.15) is 32.3 Å². The summed E-state index contributed by atoms with van der Waals surface area (Å²) >= 11 is 6.02. The highest BCUT2D eigenvalue weighted by atomic mass is 35.5. The molecule has 0 bridgehead atoms. The second-order valence-electron chi connectivity index (χ2n) is 8.92. The number of rotatable bonds is 10. The third-order valence-corrected chi connectivity index (χ3v) is 6.17. The van der Waals surface area contributed by atoms with Crippen LogP contribution < -0.4 is 20.7 Å². The largest absolute Gasteiger partial charge is 0.433 e. The van der Waals surface area contributed by atoms with Crippen molar-refractivity contribution in [2.45, 2.75) is 52.0 Å². The standard InChI is InChI=1S/C26H27ClF2N4O5/c1-4-18(34)12-13-32-23(35)21-22(31(3)25(32)36)30-24(33(21)15-16-8-10-17(27)11-9-16)37-19-6-5-7-20(14-19)38-26(2,28)29/h5-11,14,18,34H,4,12-13,15H2,1-3H3. The predicted molar refractivity (Wildman–Crippen MR) is 138 cm³/mol. The Bertz CT molecular complexity index is 1560. The number of nitrogens with zero attached hydrogens (tertiary/aromatic N) is 4. The van der Waals surface area contributed by atoms with Crippen LogP contribution in [0.5, 0.6) is 17.5 Å². The number of aromatic nitrogens is 4. The van der Waals surface area contributed by atoms with Gasteiger partial charge < -0.3 is 14.6 Å². The molecule has 1 unspecified atom stereocenters. The van der Waals surface area contributed by atoms with E-state index in [1.807, 2.05) is 0 Å². The molecule has 1 atom stereocenters. The van der Waals surface area contributed by atoms with Crippen molar-refractivity contribution in [3.63, 3.8) is 0 Å². The number of hydrogen-bond donors (Lipinski definition) is 1. The molecular weight excluding hydrogens is 522 g/mol. The number of hydrogen-bond acceptors (Lipinski definition) is 6. The van der Waals surface area contributed by atoms with Crippen LogP contribution >= 0.6 is 11.6 Å². The number of aryl methyl sites for hydroxylation is 1. The maximum absolute atomic E-state index is 13.6. The first-order valence-electron chi connectivity index (χ1n) is 11.9. The number of aliphatic hydroxyl groups excluding tert-OH is 1. The van der Waals surface area contributed by atoms with Gasteiger partial charge in [0.1, 0.15) is 11.5 Å². The number of imidazole rings is 1. The van der Waals surface area contributed by atoms with Crippen molar-refractivity contribution in [3.8, 4) is 17.5 Å². The lowest BCUT2D eigenvalue weighted by atomic mass is 10.2. The highest BCUT2D eigenvalue weighted by Crippen LogP contribution is 2.30. The highest BCUT2D eigenvalue weighted by molar-refractivity contribution is 6.30. The molecule has 38 heavy (non-hydrogen) atoms. The molecule has 0 saturated carbocycles. The van der Waals surface area contributed by atoms with Crippen LogP contribution in [-0.2, 0) is 20.1 Å². The van der Waals surface area contributed by atoms with Gasteiger partial charge in [-0.05, 0) is 42.7 Å². The zero-order valence-electron chi connectivity index (χ0n) is 21.0. The molecule has 0 aliphatic carbocycles. The second-order valence-corrected chi connectivity index (χ2v) is 9.35. The molecule has 2 heterocycles. The molecule has 1 N–H and O–H groups in total. The Morgan fingerprint density at radius 1 is 1.11 bits per heavy atom. The van der Waals surface area contributed by atoms with E-state index in [1.165, 1.54) is 40.4 Å². The highest BCUT2D eigenvalue weighted by Gasteiger charge is 2.25. The van der Waals surface area contributed by atoms with Crippen molar-refractivity contribution in [2.75, 3.05) is 0 Å². The molecule has 2 aromatic carbocycles. The zero-order chi connectivity index (χ0) is 27.6. The van der Waals surface area contributed by atoms with E-state index in [-0.39, 0.29) is 48.2 Å². The summed E-state index contributed by atoms with van der Waals surface area (Å²) in [5, 5.41) is 10.5. The fourth-order valence-corrected chi connectivity index (χ4v) is 4.07. The van der Waals surface area contributed by atoms with Gasteiger partial charge >= 0.3 is 17.8 Å². The first-order chi connectivity index (χ1) is 18.0. The zero-order valence-corrected chi connectivity index (χ0v) is 21.8. The van der Waals surface area contributed by atoms with Crippen LogP contribution in [-0.4, -0.2) is 36.0 Å². The monoisotopic (exact) mass is 548 g/mol. The summed E-state index contributed by atoms with van der Waals surface area (Å²) in [6.45, 7) is 2.58. The van der Waals surface area contributed by atoms with Gasteiger partial charge in [0.15, 0.2) is 11.2 Å². The average molecular weight is 549 g/mol. The summed E-state index contributed by atoms with van der Waals surface area (Å²) in [5.74, 6) is 0.00963. The van der Waals surface area contributed by atoms with Crippen molar-refractivity contribution in [3.05, 3.63) is 80.0 Å². The number of ether oxygens (including phenoxy) is 2. The van der Waals surface area contributed by atoms with Gasteiger partial charge in [0.25, 0.3) is 5.56 Å². The molecule has 0 spiro atoms. The molecule has 2 aromatic heterocycles. The van der Waals surface area contributed by atoms with Gasteiger partial charge in [-0.25, -0.2) is 4.79 Å². The van der Waals surface area contributed by atoms with Crippen LogP contribution in [0.25, 0.3) is 11.2 Å². The Morgan fingerprint density at radius 3 is 2.45 bits per heavy atom. The fraction of sp³-hybridized carbons (Fsp3) is 0.346. The minimum absolute atomic E-state index is 0.0172. The fourth-order valence-electron chi connectivity index (χ4n) is 3.94. The summed E-state index contributed by atoms with van der Waals surface area (Å²) in [6.07, 6.45) is -3.35. The van der Waals surface area contributed by atoms with Gasteiger partial charge in [-0.3, -0.25) is 18.5 Å². The lowest BCUT2D eigenvalue weighted by molar-refractivity contribution is -0.159. The number of fused-ring (bicyclic) bond motifs is 1. The Balaban J connectivity index is 1.85. The van der Waals surface area contributed by atoms with E-state index < -0.39 is 23.5 Å². The summed E-state index contributed by atoms with van der Waals surface area (Å²) in [7, 11) is 1.48. The van der Waals surface area contributed by atoms with E-state index in [0.717, 1.165) is 10.1 Å². The number of alkyl halides is 2. The van der Waals surface area contributed by atoms with Gasteiger partial charge in [-0.2, -0.15) is 13.8 Å². The van der Waals surface area contributed by atoms with Crippen molar-refractivity contribution in [1.29, 1.82) is 0 Å². The molecule has 0 radical (unpaired) electrons. The molecule has 0 fully saturated rings. The minimum atomic E-state index is -3.39. The average Bonchev–Trinajstić information content (AvgIpc) is 3.20. The summed E-state index contributed by atoms with van der Waals surface area (Å²) in [6, 6.07) is 12.5. The second kappa shape index (κ2) is 11.0. The Morgan fingerprint density at radius 2 is 1.79 bits per heavy atom. The smallest absolute Gasteiger partial charge is 0.394 e. The van der Waals surface area contributed by atoms with Gasteiger partial charge in [-0.1, -0.05) is 36.7 Å². The normalized spacial score (nSPS) is 12.6. The third-order valence-electron chi connectivity index (χ3n) is 5.92. The summed E-state index contributed by atoms with van der Waals surface area (Å²) in [4.78, 5) is 31.0. The molecular formula is C26H27ClF2N4O5. The summed E-state index contributed by atoms with van der Waals surface area (Å²) in [5.41, 5.74) is -0.221. The number of aliphatic hydroxyl groups is 1. The summed E-state index contributed by atoms with van der Waals surface area (Å²) < 4.78 is 41.1. The van der Waals surface area contributed by atoms with Gasteiger partial charge in [0, 0.05) is 31.6 Å². The number of benzene rings is 2. The Hall–Kier alpha value is -3.70. The van der Waals surface area contributed by atoms with Crippen molar-refractivity contribution in [1.82, 2.24) is 18.7 Å². The quantitative estimate of drug-likeness (QED) is 0.312. The number of halogens is 3. The molecule has 12 heteroatoms. The van der Waals surface area contributed by atoms with Crippen LogP contribution in [0.15, 0.2) is 58.1 Å². The first-order valence-corrected chi connectivity index (χ1v) is 12.3. The maximum Gasteiger partial charge on any atom is 0.394 e. The molecule has 4 rings (SSSR count). The topological polar surface area (TPSA) is 101 Å². The lowest BCUT2D eigenvalue weighted by Gasteiger charge is -2.14. The molecule has 4 aromatic rings. The van der Waals surface area contributed by atoms with E-state index in [2.05, 4.69) is 9.72 Å². The SMILES string of the molecule is CCC(O)CCn1c(=O)c2c(nc(Oc3cccc(OC(C)(F)F)c3)n2Cc2ccc(Cl)cc2)n(C)c1=O. The van der Waals surface area contributed by atoms with Crippen LogP contribution in [0, 0.1) is 0 Å². The van der Waals surface area contributed by atoms with Crippen molar-refractivity contribution >= 4 is 22.8 Å². The van der Waals surface area contributed by atoms with E-state index in [4.69, 9.17) is 16.3 Å². The van der Waals surface area contributed by atoms with Crippen molar-refractivity contribution < 1.29 is 23.4 Å². The Labute approximate surface area is 221 Å². The van der Waals surface area contributed by atoms with Crippen LogP contribution in [0.4, 0.5) is 8.78 Å². The van der Waals surface area contributed by atoms with E-state index in [0.29, 0.717) is 18.4 Å². The van der Waals surface area contributed by atoms with Gasteiger partial charge in [0.05, 0.1) is 12.6 Å². The predicted octanol–water partition coefficient (Wildman–Crippen LogP) is 4.54. The molecule has 0 aliphatic heterocycles. The third kappa shape index (κ3) is 6.05. The Kier molecular flexibility index (Phi) is 7.89. The van der Waals surface area contributed by atoms with Crippen LogP contribution in [0.2, 0.25) is 5.02 Å². The van der Waals surface area contributed by atoms with Gasteiger partial charge in [0.2, 0.25) is 0 Å². The lowest BCUT2D eigenvalue weighted by Crippen LogP contribution is -2.40. The molecule has 0 amide bonds. The van der Waals surface area contributed by atoms with Crippen LogP contribution in [0.3, 0.4) is 0 Å². The van der Waals surface area contributed by atoms with Crippen molar-refractivity contribution in [2.24, 2.45) is 7.05 Å². The van der Waals surface area contributed by atoms with Gasteiger partial charge in [-0.15, -0.1) is 0 Å². The molecule has 202 valence electrons. The maximum atomic E-state index is 13.6. The molecule has 0 saturated heterocycles. The molecule has 9 nitrogen and oxygen atoms in total. The van der Waals surface area contributed by atoms with E-state index in [9.17, 15) is 23.5 Å².